The summed E-state index contributed by atoms with van der Waals surface area (Å²) in [5.74, 6) is 2.30. The molecule has 7 N–H and O–H groups in total. The molecule has 0 aromatic heterocycles. The average Bonchev–Trinajstić information content (AvgIpc) is 3.38. The van der Waals surface area contributed by atoms with Gasteiger partial charge in [-0.2, -0.15) is 0 Å². The molecule has 4 saturated carbocycles. The van der Waals surface area contributed by atoms with Crippen LogP contribution in [0.15, 0.2) is 0 Å². The number of esters is 2. The Morgan fingerprint density at radius 3 is 2.28 bits per heavy atom. The third kappa shape index (κ3) is 8.30. The van der Waals surface area contributed by atoms with Crippen molar-refractivity contribution in [1.29, 1.82) is 0 Å². The molecule has 0 bridgehead atoms. The highest BCUT2D eigenvalue weighted by molar-refractivity contribution is 5.70. The van der Waals surface area contributed by atoms with Crippen molar-refractivity contribution in [3.63, 3.8) is 0 Å². The number of ether oxygens (including phenoxy) is 3. The van der Waals surface area contributed by atoms with Crippen LogP contribution in [0.25, 0.3) is 0 Å². The number of rotatable bonds is 18. The summed E-state index contributed by atoms with van der Waals surface area (Å²) in [5.41, 5.74) is 17.3. The number of unbranched alkanes of at least 4 members (excludes halogenated alkanes) is 1. The third-order valence-electron chi connectivity index (χ3n) is 13.1. The predicted molar refractivity (Wildman–Crippen MR) is 183 cm³/mol. The van der Waals surface area contributed by atoms with E-state index in [4.69, 9.17) is 31.4 Å². The minimum Gasteiger partial charge on any atom is -0.462 e. The van der Waals surface area contributed by atoms with Gasteiger partial charge in [0.2, 0.25) is 0 Å². The van der Waals surface area contributed by atoms with E-state index in [9.17, 15) is 9.59 Å². The zero-order chi connectivity index (χ0) is 33.3. The van der Waals surface area contributed by atoms with Gasteiger partial charge >= 0.3 is 11.9 Å². The Bertz CT molecular complexity index is 968. The number of nitrogens with two attached hydrogens (primary N) is 3. The highest BCUT2D eigenvalue weighted by Crippen LogP contribution is 2.69. The lowest BCUT2D eigenvalue weighted by Gasteiger charge is -2.64. The van der Waals surface area contributed by atoms with E-state index in [1.807, 2.05) is 0 Å². The van der Waals surface area contributed by atoms with Crippen molar-refractivity contribution in [3.8, 4) is 0 Å². The van der Waals surface area contributed by atoms with Crippen LogP contribution in [0.4, 0.5) is 0 Å². The second-order valence-electron chi connectivity index (χ2n) is 15.7. The van der Waals surface area contributed by atoms with Crippen LogP contribution >= 0.6 is 0 Å². The number of carbonyl (C=O) groups is 2. The minimum atomic E-state index is -0.191. The molecule has 266 valence electrons. The maximum Gasteiger partial charge on any atom is 0.307 e. The molecule has 4 aliphatic carbocycles. The second-order valence-corrected chi connectivity index (χ2v) is 15.7. The number of fused-ring (bicyclic) bond motifs is 5. The zero-order valence-electron chi connectivity index (χ0n) is 29.6. The van der Waals surface area contributed by atoms with Crippen molar-refractivity contribution >= 4 is 11.9 Å². The minimum absolute atomic E-state index is 0.0708. The number of hydrogen-bond donors (Lipinski definition) is 4. The molecule has 4 fully saturated rings. The van der Waals surface area contributed by atoms with Gasteiger partial charge in [-0.15, -0.1) is 0 Å². The van der Waals surface area contributed by atoms with E-state index in [2.05, 4.69) is 33.0 Å². The van der Waals surface area contributed by atoms with Gasteiger partial charge in [-0.05, 0) is 131 Å². The second kappa shape index (κ2) is 17.4. The van der Waals surface area contributed by atoms with E-state index in [-0.39, 0.29) is 53.9 Å². The average molecular weight is 649 g/mol. The van der Waals surface area contributed by atoms with Crippen molar-refractivity contribution in [2.24, 2.45) is 63.5 Å². The molecule has 0 heterocycles. The van der Waals surface area contributed by atoms with E-state index >= 15 is 0 Å². The maximum absolute atomic E-state index is 13.2. The van der Waals surface area contributed by atoms with Gasteiger partial charge in [-0.3, -0.25) is 9.59 Å². The van der Waals surface area contributed by atoms with E-state index in [0.717, 1.165) is 58.0 Å². The van der Waals surface area contributed by atoms with Gasteiger partial charge in [0.1, 0.15) is 12.2 Å². The summed E-state index contributed by atoms with van der Waals surface area (Å²) >= 11 is 0. The van der Waals surface area contributed by atoms with Gasteiger partial charge in [0.25, 0.3) is 0 Å². The van der Waals surface area contributed by atoms with Gasteiger partial charge in [-0.1, -0.05) is 34.1 Å². The first kappa shape index (κ1) is 37.6. The molecule has 4 rings (SSSR count). The van der Waals surface area contributed by atoms with E-state index in [0.29, 0.717) is 61.7 Å². The van der Waals surface area contributed by atoms with Crippen molar-refractivity contribution in [2.45, 2.75) is 136 Å². The third-order valence-corrected chi connectivity index (χ3v) is 13.1. The first-order valence-electron chi connectivity index (χ1n) is 18.9. The highest BCUT2D eigenvalue weighted by atomic mass is 16.5. The Morgan fingerprint density at radius 1 is 0.870 bits per heavy atom. The molecule has 4 aliphatic rings. The van der Waals surface area contributed by atoms with Crippen LogP contribution in [0.5, 0.6) is 0 Å². The van der Waals surface area contributed by atoms with Gasteiger partial charge in [0.05, 0.1) is 18.9 Å². The van der Waals surface area contributed by atoms with Crippen LogP contribution in [0, 0.1) is 46.3 Å². The summed E-state index contributed by atoms with van der Waals surface area (Å²) in [6, 6.07) is 0. The summed E-state index contributed by atoms with van der Waals surface area (Å²) in [6.07, 6.45) is 13.0. The summed E-state index contributed by atoms with van der Waals surface area (Å²) < 4.78 is 19.3. The van der Waals surface area contributed by atoms with Gasteiger partial charge in [-0.25, -0.2) is 0 Å². The quantitative estimate of drug-likeness (QED) is 0.120. The number of nitrogens with one attached hydrogen (secondary N) is 1. The molecule has 0 amide bonds. The number of hydrogen-bond acceptors (Lipinski definition) is 9. The molecule has 2 unspecified atom stereocenters. The molecule has 0 aromatic rings. The molecular weight excluding hydrogens is 580 g/mol. The van der Waals surface area contributed by atoms with Crippen LogP contribution in [0.2, 0.25) is 0 Å². The Morgan fingerprint density at radius 2 is 1.59 bits per heavy atom. The smallest absolute Gasteiger partial charge is 0.307 e. The zero-order valence-corrected chi connectivity index (χ0v) is 29.6. The fraction of sp³-hybridized carbons (Fsp3) is 0.946. The first-order chi connectivity index (χ1) is 22.1. The Balaban J connectivity index is 1.61. The lowest BCUT2D eigenvalue weighted by molar-refractivity contribution is -0.226. The molecule has 9 nitrogen and oxygen atoms in total. The van der Waals surface area contributed by atoms with E-state index in [1.165, 1.54) is 32.1 Å². The van der Waals surface area contributed by atoms with Crippen molar-refractivity contribution in [1.82, 2.24) is 5.32 Å². The maximum atomic E-state index is 13.2. The molecular formula is C37H68N4O5. The molecule has 0 radical (unpaired) electrons. The van der Waals surface area contributed by atoms with Gasteiger partial charge in [0, 0.05) is 25.1 Å². The highest BCUT2D eigenvalue weighted by Gasteiger charge is 2.67. The summed E-state index contributed by atoms with van der Waals surface area (Å²) in [4.78, 5) is 25.6. The molecule has 0 aromatic carbocycles. The molecule has 46 heavy (non-hydrogen) atoms. The summed E-state index contributed by atoms with van der Waals surface area (Å²) in [6.45, 7) is 13.7. The SMILES string of the molecule is CCCCNCCCC(C)C1CC[C@H]2[C@@H]3[C@H](OCCCN)C[C@@H]4C[C@H](OC(=O)CCN)CC[C@]4(C)[C@H]3C[C@H](OC(=O)CCN)[C@]12C. The lowest BCUT2D eigenvalue weighted by Crippen LogP contribution is -2.63. The van der Waals surface area contributed by atoms with Crippen molar-refractivity contribution in [3.05, 3.63) is 0 Å². The lowest BCUT2D eigenvalue weighted by atomic mass is 9.43. The normalized spacial score (nSPS) is 37.5. The Kier molecular flexibility index (Phi) is 14.2. The monoisotopic (exact) mass is 649 g/mol. The standard InChI is InChI=1S/C37H68N4O5/c1-5-6-19-41-20-7-9-25(2)28-10-11-29-35-30(24-32(37(28,29)4)46-34(43)14-18-40)36(3)15-12-27(45-33(42)13-17-39)22-26(36)23-31(35)44-21-8-16-38/h25-32,35,41H,5-24,38-40H2,1-4H3/t25?,26-,27+,28?,29-,30-,31+,32-,35-,36-,37+/m0/s1. The Labute approximate surface area is 279 Å². The fourth-order valence-electron chi connectivity index (χ4n) is 10.7. The first-order valence-corrected chi connectivity index (χ1v) is 18.9. The van der Waals surface area contributed by atoms with Crippen molar-refractivity contribution in [2.75, 3.05) is 39.3 Å². The molecule has 0 saturated heterocycles. The van der Waals surface area contributed by atoms with Crippen LogP contribution in [0.1, 0.15) is 118 Å². The molecule has 11 atom stereocenters. The largest absolute Gasteiger partial charge is 0.462 e. The van der Waals surface area contributed by atoms with Crippen LogP contribution in [0.3, 0.4) is 0 Å². The molecule has 0 aliphatic heterocycles. The molecule has 0 spiro atoms. The van der Waals surface area contributed by atoms with Crippen molar-refractivity contribution < 1.29 is 23.8 Å². The van der Waals surface area contributed by atoms with Gasteiger partial charge < -0.3 is 36.7 Å². The number of carbonyl (C=O) groups excluding carboxylic acids is 2. The van der Waals surface area contributed by atoms with E-state index in [1.54, 1.807) is 0 Å². The summed E-state index contributed by atoms with van der Waals surface area (Å²) in [7, 11) is 0. The van der Waals surface area contributed by atoms with Crippen LogP contribution < -0.4 is 22.5 Å². The summed E-state index contributed by atoms with van der Waals surface area (Å²) in [5, 5.41) is 3.62. The van der Waals surface area contributed by atoms with Gasteiger partial charge in [0.15, 0.2) is 0 Å². The van der Waals surface area contributed by atoms with Crippen LogP contribution in [-0.4, -0.2) is 69.6 Å². The fourth-order valence-corrected chi connectivity index (χ4v) is 10.7. The topological polar surface area (TPSA) is 152 Å². The molecule has 9 heteroatoms. The predicted octanol–water partition coefficient (Wildman–Crippen LogP) is 4.93. The Hall–Kier alpha value is -1.26. The van der Waals surface area contributed by atoms with Crippen LogP contribution in [-0.2, 0) is 23.8 Å². The van der Waals surface area contributed by atoms with E-state index < -0.39 is 0 Å².